The Bertz CT molecular complexity index is 304. The number of carbonyl (C=O) groups is 1. The van der Waals surface area contributed by atoms with Crippen molar-refractivity contribution in [3.8, 4) is 0 Å². The standard InChI is InChI=1S/C14H25NO4/c1-2-17-13(16)14(15)7-6-11(9-14)19-10-12-5-3-4-8-18-12/h11-12H,2-10,15H2,1H3. The summed E-state index contributed by atoms with van der Waals surface area (Å²) in [6.07, 6.45) is 5.71. The summed E-state index contributed by atoms with van der Waals surface area (Å²) in [7, 11) is 0. The molecule has 110 valence electrons. The van der Waals surface area contributed by atoms with E-state index in [4.69, 9.17) is 19.9 Å². The Kier molecular flexibility index (Phi) is 5.19. The lowest BCUT2D eigenvalue weighted by molar-refractivity contribution is -0.150. The van der Waals surface area contributed by atoms with E-state index < -0.39 is 5.54 Å². The van der Waals surface area contributed by atoms with E-state index in [-0.39, 0.29) is 18.2 Å². The molecule has 2 fully saturated rings. The molecular weight excluding hydrogens is 246 g/mol. The molecule has 5 nitrogen and oxygen atoms in total. The highest BCUT2D eigenvalue weighted by molar-refractivity contribution is 5.81. The molecule has 5 heteroatoms. The number of esters is 1. The number of hydrogen-bond acceptors (Lipinski definition) is 5. The Labute approximate surface area is 114 Å². The quantitative estimate of drug-likeness (QED) is 0.765. The maximum Gasteiger partial charge on any atom is 0.326 e. The van der Waals surface area contributed by atoms with Crippen molar-refractivity contribution >= 4 is 5.97 Å². The molecule has 0 aromatic carbocycles. The second-order valence-corrected chi connectivity index (χ2v) is 5.56. The first-order valence-corrected chi connectivity index (χ1v) is 7.33. The largest absolute Gasteiger partial charge is 0.465 e. The van der Waals surface area contributed by atoms with E-state index >= 15 is 0 Å². The summed E-state index contributed by atoms with van der Waals surface area (Å²) in [5, 5.41) is 0. The van der Waals surface area contributed by atoms with Crippen LogP contribution in [0.4, 0.5) is 0 Å². The number of hydrogen-bond donors (Lipinski definition) is 1. The minimum atomic E-state index is -0.853. The Morgan fingerprint density at radius 3 is 2.95 bits per heavy atom. The highest BCUT2D eigenvalue weighted by Crippen LogP contribution is 2.31. The number of ether oxygens (including phenoxy) is 3. The third-order valence-electron chi connectivity index (χ3n) is 3.98. The van der Waals surface area contributed by atoms with Gasteiger partial charge in [-0.3, -0.25) is 4.79 Å². The SMILES string of the molecule is CCOC(=O)C1(N)CCC(OCC2CCCCO2)C1. The monoisotopic (exact) mass is 271 g/mol. The Hall–Kier alpha value is -0.650. The van der Waals surface area contributed by atoms with Crippen molar-refractivity contribution < 1.29 is 19.0 Å². The number of carbonyl (C=O) groups excluding carboxylic acids is 1. The van der Waals surface area contributed by atoms with Crippen molar-refractivity contribution in [2.75, 3.05) is 19.8 Å². The highest BCUT2D eigenvalue weighted by atomic mass is 16.5. The van der Waals surface area contributed by atoms with E-state index in [1.807, 2.05) is 0 Å². The molecule has 1 heterocycles. The van der Waals surface area contributed by atoms with Crippen LogP contribution in [-0.4, -0.2) is 43.5 Å². The molecular formula is C14H25NO4. The molecule has 2 rings (SSSR count). The fraction of sp³-hybridized carbons (Fsp3) is 0.929. The molecule has 1 saturated carbocycles. The smallest absolute Gasteiger partial charge is 0.326 e. The first-order chi connectivity index (χ1) is 9.14. The lowest BCUT2D eigenvalue weighted by Gasteiger charge is -2.25. The summed E-state index contributed by atoms with van der Waals surface area (Å²) in [5.74, 6) is -0.296. The number of nitrogens with two attached hydrogens (primary N) is 1. The first kappa shape index (κ1) is 14.8. The third kappa shape index (κ3) is 3.91. The molecule has 0 amide bonds. The van der Waals surface area contributed by atoms with Gasteiger partial charge in [0.05, 0.1) is 25.4 Å². The zero-order valence-corrected chi connectivity index (χ0v) is 11.7. The third-order valence-corrected chi connectivity index (χ3v) is 3.98. The molecule has 0 aromatic rings. The van der Waals surface area contributed by atoms with Gasteiger partial charge in [0, 0.05) is 13.0 Å². The van der Waals surface area contributed by atoms with Gasteiger partial charge in [0.15, 0.2) is 0 Å². The van der Waals surface area contributed by atoms with Crippen molar-refractivity contribution in [2.24, 2.45) is 5.73 Å². The van der Waals surface area contributed by atoms with Crippen molar-refractivity contribution in [3.63, 3.8) is 0 Å². The van der Waals surface area contributed by atoms with E-state index in [2.05, 4.69) is 0 Å². The summed E-state index contributed by atoms with van der Waals surface area (Å²) in [6.45, 7) is 3.62. The Morgan fingerprint density at radius 2 is 2.26 bits per heavy atom. The van der Waals surface area contributed by atoms with Crippen molar-refractivity contribution in [1.82, 2.24) is 0 Å². The van der Waals surface area contributed by atoms with Crippen LogP contribution < -0.4 is 5.73 Å². The van der Waals surface area contributed by atoms with E-state index in [9.17, 15) is 4.79 Å². The van der Waals surface area contributed by atoms with Gasteiger partial charge < -0.3 is 19.9 Å². The summed E-state index contributed by atoms with van der Waals surface area (Å²) in [6, 6.07) is 0. The number of rotatable bonds is 5. The van der Waals surface area contributed by atoms with Gasteiger partial charge in [0.1, 0.15) is 5.54 Å². The summed E-state index contributed by atoms with van der Waals surface area (Å²) in [5.41, 5.74) is 5.25. The van der Waals surface area contributed by atoms with E-state index in [1.165, 1.54) is 6.42 Å². The lowest BCUT2D eigenvalue weighted by Crippen LogP contribution is -2.47. The maximum absolute atomic E-state index is 11.8. The fourth-order valence-corrected chi connectivity index (χ4v) is 2.81. The predicted octanol–water partition coefficient (Wildman–Crippen LogP) is 1.39. The van der Waals surface area contributed by atoms with Gasteiger partial charge in [0.25, 0.3) is 0 Å². The van der Waals surface area contributed by atoms with Crippen LogP contribution in [0.2, 0.25) is 0 Å². The zero-order valence-electron chi connectivity index (χ0n) is 11.7. The average molecular weight is 271 g/mol. The highest BCUT2D eigenvalue weighted by Gasteiger charge is 2.43. The molecule has 1 aliphatic heterocycles. The van der Waals surface area contributed by atoms with Crippen LogP contribution in [0.1, 0.15) is 45.4 Å². The molecule has 1 aliphatic carbocycles. The fourth-order valence-electron chi connectivity index (χ4n) is 2.81. The second kappa shape index (κ2) is 6.68. The maximum atomic E-state index is 11.8. The van der Waals surface area contributed by atoms with Gasteiger partial charge in [-0.05, 0) is 39.0 Å². The molecule has 3 unspecified atom stereocenters. The topological polar surface area (TPSA) is 70.8 Å². The van der Waals surface area contributed by atoms with Crippen molar-refractivity contribution in [3.05, 3.63) is 0 Å². The molecule has 2 N–H and O–H groups in total. The van der Waals surface area contributed by atoms with Crippen LogP contribution in [0, 0.1) is 0 Å². The Morgan fingerprint density at radius 1 is 1.42 bits per heavy atom. The lowest BCUT2D eigenvalue weighted by atomic mass is 9.99. The van der Waals surface area contributed by atoms with E-state index in [0.29, 0.717) is 26.1 Å². The van der Waals surface area contributed by atoms with Crippen LogP contribution in [0.3, 0.4) is 0 Å². The average Bonchev–Trinajstić information content (AvgIpc) is 2.81. The van der Waals surface area contributed by atoms with Crippen LogP contribution in [0.5, 0.6) is 0 Å². The van der Waals surface area contributed by atoms with Crippen LogP contribution >= 0.6 is 0 Å². The molecule has 2 aliphatic rings. The van der Waals surface area contributed by atoms with Crippen molar-refractivity contribution in [1.29, 1.82) is 0 Å². The van der Waals surface area contributed by atoms with Crippen LogP contribution in [0.25, 0.3) is 0 Å². The molecule has 3 atom stereocenters. The summed E-state index contributed by atoms with van der Waals surface area (Å²) < 4.78 is 16.5. The van der Waals surface area contributed by atoms with Gasteiger partial charge in [-0.2, -0.15) is 0 Å². The second-order valence-electron chi connectivity index (χ2n) is 5.56. The molecule has 0 bridgehead atoms. The molecule has 0 spiro atoms. The van der Waals surface area contributed by atoms with Crippen molar-refractivity contribution in [2.45, 2.75) is 63.2 Å². The van der Waals surface area contributed by atoms with Gasteiger partial charge >= 0.3 is 5.97 Å². The molecule has 19 heavy (non-hydrogen) atoms. The molecule has 0 aromatic heterocycles. The molecule has 0 radical (unpaired) electrons. The first-order valence-electron chi connectivity index (χ1n) is 7.33. The van der Waals surface area contributed by atoms with Crippen LogP contribution in [-0.2, 0) is 19.0 Å². The Balaban J connectivity index is 1.73. The van der Waals surface area contributed by atoms with Crippen LogP contribution in [0.15, 0.2) is 0 Å². The van der Waals surface area contributed by atoms with E-state index in [0.717, 1.165) is 25.9 Å². The van der Waals surface area contributed by atoms with Gasteiger partial charge in [-0.25, -0.2) is 0 Å². The summed E-state index contributed by atoms with van der Waals surface area (Å²) in [4.78, 5) is 11.8. The van der Waals surface area contributed by atoms with E-state index in [1.54, 1.807) is 6.92 Å². The minimum Gasteiger partial charge on any atom is -0.465 e. The van der Waals surface area contributed by atoms with Gasteiger partial charge in [-0.15, -0.1) is 0 Å². The normalized spacial score (nSPS) is 35.3. The summed E-state index contributed by atoms with van der Waals surface area (Å²) >= 11 is 0. The van der Waals surface area contributed by atoms with Gasteiger partial charge in [0.2, 0.25) is 0 Å². The minimum absolute atomic E-state index is 0.0555. The molecule has 1 saturated heterocycles. The zero-order chi connectivity index (χ0) is 13.7. The van der Waals surface area contributed by atoms with Gasteiger partial charge in [-0.1, -0.05) is 0 Å². The predicted molar refractivity (Wildman–Crippen MR) is 70.7 cm³/mol.